The van der Waals surface area contributed by atoms with Gasteiger partial charge in [-0.1, -0.05) is 0 Å². The van der Waals surface area contributed by atoms with E-state index in [0.29, 0.717) is 32.0 Å². The first-order valence-electron chi connectivity index (χ1n) is 6.81. The molecular weight excluding hydrogens is 232 g/mol. The number of carbonyl (C=O) groups is 2. The number of hydrogen-bond acceptors (Lipinski definition) is 3. The fraction of sp³-hybridized carbons (Fsp3) is 0.846. The average Bonchev–Trinajstić information content (AvgIpc) is 2.75. The Morgan fingerprint density at radius 2 is 2.06 bits per heavy atom. The minimum atomic E-state index is -0.289. The molecule has 0 aromatic heterocycles. The van der Waals surface area contributed by atoms with Crippen molar-refractivity contribution in [2.24, 2.45) is 5.92 Å². The van der Waals surface area contributed by atoms with Crippen molar-refractivity contribution in [3.63, 3.8) is 0 Å². The van der Waals surface area contributed by atoms with E-state index >= 15 is 0 Å². The lowest BCUT2D eigenvalue weighted by Crippen LogP contribution is -2.45. The van der Waals surface area contributed by atoms with E-state index in [9.17, 15) is 14.7 Å². The largest absolute Gasteiger partial charge is 0.393 e. The van der Waals surface area contributed by atoms with Gasteiger partial charge in [0.05, 0.1) is 12.6 Å². The maximum Gasteiger partial charge on any atom is 0.242 e. The average molecular weight is 254 g/mol. The number of aliphatic hydroxyl groups excluding tert-OH is 1. The Labute approximate surface area is 108 Å². The van der Waals surface area contributed by atoms with Crippen LogP contribution in [0.1, 0.15) is 32.6 Å². The SMILES string of the molecule is CC(O)C1CCN(C(=O)CN2CCCC2=O)CC1. The van der Waals surface area contributed by atoms with Crippen LogP contribution in [0.4, 0.5) is 0 Å². The van der Waals surface area contributed by atoms with Crippen LogP contribution in [-0.4, -0.2) is 59.0 Å². The van der Waals surface area contributed by atoms with E-state index in [-0.39, 0.29) is 24.5 Å². The van der Waals surface area contributed by atoms with E-state index in [1.54, 1.807) is 4.90 Å². The predicted octanol–water partition coefficient (Wildman–Crippen LogP) is 0.228. The van der Waals surface area contributed by atoms with E-state index < -0.39 is 0 Å². The summed E-state index contributed by atoms with van der Waals surface area (Å²) in [7, 11) is 0. The Balaban J connectivity index is 1.79. The van der Waals surface area contributed by atoms with Gasteiger partial charge in [0, 0.05) is 26.1 Å². The van der Waals surface area contributed by atoms with Crippen LogP contribution in [0.5, 0.6) is 0 Å². The van der Waals surface area contributed by atoms with Crippen molar-refractivity contribution in [2.45, 2.75) is 38.7 Å². The number of nitrogens with zero attached hydrogens (tertiary/aromatic N) is 2. The molecule has 2 heterocycles. The Kier molecular flexibility index (Phi) is 4.22. The molecule has 0 radical (unpaired) electrons. The smallest absolute Gasteiger partial charge is 0.242 e. The van der Waals surface area contributed by atoms with Crippen LogP contribution >= 0.6 is 0 Å². The van der Waals surface area contributed by atoms with Crippen molar-refractivity contribution >= 4 is 11.8 Å². The van der Waals surface area contributed by atoms with Crippen LogP contribution in [0.15, 0.2) is 0 Å². The molecule has 1 N–H and O–H groups in total. The van der Waals surface area contributed by atoms with Gasteiger partial charge in [-0.3, -0.25) is 9.59 Å². The van der Waals surface area contributed by atoms with Crippen molar-refractivity contribution in [3.05, 3.63) is 0 Å². The summed E-state index contributed by atoms with van der Waals surface area (Å²) in [6, 6.07) is 0. The van der Waals surface area contributed by atoms with Gasteiger partial charge < -0.3 is 14.9 Å². The van der Waals surface area contributed by atoms with Crippen molar-refractivity contribution < 1.29 is 14.7 Å². The van der Waals surface area contributed by atoms with Gasteiger partial charge in [-0.05, 0) is 32.1 Å². The molecule has 18 heavy (non-hydrogen) atoms. The molecule has 0 saturated carbocycles. The number of aliphatic hydroxyl groups is 1. The summed E-state index contributed by atoms with van der Waals surface area (Å²) in [4.78, 5) is 27.0. The van der Waals surface area contributed by atoms with Gasteiger partial charge in [0.25, 0.3) is 0 Å². The van der Waals surface area contributed by atoms with E-state index in [0.717, 1.165) is 19.3 Å². The Hall–Kier alpha value is -1.10. The zero-order chi connectivity index (χ0) is 13.1. The third-order valence-electron chi connectivity index (χ3n) is 4.07. The molecule has 2 saturated heterocycles. The lowest BCUT2D eigenvalue weighted by Gasteiger charge is -2.34. The number of hydrogen-bond donors (Lipinski definition) is 1. The molecule has 1 unspecified atom stereocenters. The van der Waals surface area contributed by atoms with E-state index in [1.807, 2.05) is 11.8 Å². The Bertz CT molecular complexity index is 322. The topological polar surface area (TPSA) is 60.9 Å². The van der Waals surface area contributed by atoms with Crippen molar-refractivity contribution in [1.82, 2.24) is 9.80 Å². The van der Waals surface area contributed by atoms with Gasteiger partial charge in [-0.15, -0.1) is 0 Å². The third kappa shape index (κ3) is 3.02. The standard InChI is InChI=1S/C13H22N2O3/c1-10(16)11-4-7-14(8-5-11)13(18)9-15-6-2-3-12(15)17/h10-11,16H,2-9H2,1H3. The van der Waals surface area contributed by atoms with Crippen LogP contribution in [0.25, 0.3) is 0 Å². The van der Waals surface area contributed by atoms with Gasteiger partial charge in [0.1, 0.15) is 0 Å². The van der Waals surface area contributed by atoms with Crippen LogP contribution in [0.3, 0.4) is 0 Å². The number of amides is 2. The highest BCUT2D eigenvalue weighted by Gasteiger charge is 2.28. The van der Waals surface area contributed by atoms with Gasteiger partial charge in [-0.2, -0.15) is 0 Å². The van der Waals surface area contributed by atoms with Crippen LogP contribution in [0.2, 0.25) is 0 Å². The first-order chi connectivity index (χ1) is 8.58. The summed E-state index contributed by atoms with van der Waals surface area (Å²) in [6.45, 7) is 4.17. The molecule has 5 nitrogen and oxygen atoms in total. The van der Waals surface area contributed by atoms with Gasteiger partial charge in [0.15, 0.2) is 0 Å². The highest BCUT2D eigenvalue weighted by atomic mass is 16.3. The summed E-state index contributed by atoms with van der Waals surface area (Å²) < 4.78 is 0. The van der Waals surface area contributed by atoms with Crippen LogP contribution in [-0.2, 0) is 9.59 Å². The third-order valence-corrected chi connectivity index (χ3v) is 4.07. The normalized spacial score (nSPS) is 23.6. The number of rotatable bonds is 3. The minimum absolute atomic E-state index is 0.0503. The van der Waals surface area contributed by atoms with E-state index in [1.165, 1.54) is 0 Å². The summed E-state index contributed by atoms with van der Waals surface area (Å²) in [5.74, 6) is 0.457. The maximum absolute atomic E-state index is 12.0. The lowest BCUT2D eigenvalue weighted by atomic mass is 9.92. The van der Waals surface area contributed by atoms with Crippen molar-refractivity contribution in [1.29, 1.82) is 0 Å². The second-order valence-corrected chi connectivity index (χ2v) is 5.38. The fourth-order valence-electron chi connectivity index (χ4n) is 2.77. The fourth-order valence-corrected chi connectivity index (χ4v) is 2.77. The maximum atomic E-state index is 12.0. The monoisotopic (exact) mass is 254 g/mol. The first-order valence-corrected chi connectivity index (χ1v) is 6.81. The molecule has 0 bridgehead atoms. The molecular formula is C13H22N2O3. The van der Waals surface area contributed by atoms with Crippen LogP contribution < -0.4 is 0 Å². The summed E-state index contributed by atoms with van der Waals surface area (Å²) in [5, 5.41) is 9.51. The Morgan fingerprint density at radius 1 is 1.39 bits per heavy atom. The zero-order valence-corrected chi connectivity index (χ0v) is 11.0. The van der Waals surface area contributed by atoms with Gasteiger partial charge >= 0.3 is 0 Å². The summed E-state index contributed by atoms with van der Waals surface area (Å²) >= 11 is 0. The molecule has 2 fully saturated rings. The molecule has 0 aromatic carbocycles. The minimum Gasteiger partial charge on any atom is -0.393 e. The molecule has 0 spiro atoms. The zero-order valence-electron chi connectivity index (χ0n) is 11.0. The van der Waals surface area contributed by atoms with Crippen molar-refractivity contribution in [2.75, 3.05) is 26.2 Å². The highest BCUT2D eigenvalue weighted by Crippen LogP contribution is 2.21. The summed E-state index contributed by atoms with van der Waals surface area (Å²) in [5.41, 5.74) is 0. The lowest BCUT2D eigenvalue weighted by molar-refractivity contribution is -0.139. The number of likely N-dealkylation sites (tertiary alicyclic amines) is 2. The van der Waals surface area contributed by atoms with E-state index in [4.69, 9.17) is 0 Å². The second kappa shape index (κ2) is 5.69. The molecule has 2 aliphatic heterocycles. The first kappa shape index (κ1) is 13.3. The number of carbonyl (C=O) groups excluding carboxylic acids is 2. The molecule has 2 aliphatic rings. The Morgan fingerprint density at radius 3 is 2.56 bits per heavy atom. The quantitative estimate of drug-likeness (QED) is 0.784. The summed E-state index contributed by atoms with van der Waals surface area (Å²) in [6.07, 6.45) is 2.88. The second-order valence-electron chi connectivity index (χ2n) is 5.38. The predicted molar refractivity (Wildman–Crippen MR) is 66.8 cm³/mol. The van der Waals surface area contributed by atoms with Gasteiger partial charge in [-0.25, -0.2) is 0 Å². The molecule has 0 aliphatic carbocycles. The molecule has 2 amide bonds. The molecule has 5 heteroatoms. The number of piperidine rings is 1. The van der Waals surface area contributed by atoms with Crippen molar-refractivity contribution in [3.8, 4) is 0 Å². The molecule has 0 aromatic rings. The molecule has 2 rings (SSSR count). The molecule has 102 valence electrons. The highest BCUT2D eigenvalue weighted by molar-refractivity contribution is 5.85. The van der Waals surface area contributed by atoms with E-state index in [2.05, 4.69) is 0 Å². The van der Waals surface area contributed by atoms with Crippen LogP contribution in [0, 0.1) is 5.92 Å². The van der Waals surface area contributed by atoms with Gasteiger partial charge in [0.2, 0.25) is 11.8 Å². The molecule has 1 atom stereocenters.